The second-order valence-corrected chi connectivity index (χ2v) is 6.30. The number of aryl methyl sites for hydroxylation is 1. The normalized spacial score (nSPS) is 12.2. The average molecular weight is 361 g/mol. The smallest absolute Gasteiger partial charge is 0.306 e. The minimum atomic E-state index is -0.592. The molecule has 0 unspecified atom stereocenters. The standard InChI is InChI=1S/C21H19N3O3/c1-14(20-23-24-21(27-20)15-7-3-2-4-8-15)26-19(25)12-11-16-13-22-18-10-6-5-9-17(16)18/h2-10,13-14,22H,11-12H2,1H3/t14-/m0/s1. The number of esters is 1. The van der Waals surface area contributed by atoms with E-state index in [1.54, 1.807) is 6.92 Å². The van der Waals surface area contributed by atoms with Gasteiger partial charge in [-0.05, 0) is 37.1 Å². The molecule has 0 aliphatic carbocycles. The number of nitrogens with one attached hydrogen (secondary N) is 1. The van der Waals surface area contributed by atoms with Crippen LogP contribution in [0.1, 0.15) is 30.9 Å². The van der Waals surface area contributed by atoms with Crippen molar-refractivity contribution in [1.82, 2.24) is 15.2 Å². The van der Waals surface area contributed by atoms with Crippen LogP contribution in [0.25, 0.3) is 22.4 Å². The average Bonchev–Trinajstić information content (AvgIpc) is 3.35. The predicted octanol–water partition coefficient (Wildman–Crippen LogP) is 4.45. The first kappa shape index (κ1) is 17.0. The zero-order chi connectivity index (χ0) is 18.6. The summed E-state index contributed by atoms with van der Waals surface area (Å²) in [4.78, 5) is 15.4. The highest BCUT2D eigenvalue weighted by molar-refractivity contribution is 5.83. The van der Waals surface area contributed by atoms with Crippen LogP contribution in [0.15, 0.2) is 65.2 Å². The van der Waals surface area contributed by atoms with Gasteiger partial charge in [0.2, 0.25) is 5.89 Å². The highest BCUT2D eigenvalue weighted by atomic mass is 16.6. The van der Waals surface area contributed by atoms with Gasteiger partial charge in [-0.25, -0.2) is 0 Å². The van der Waals surface area contributed by atoms with E-state index in [9.17, 15) is 4.79 Å². The van der Waals surface area contributed by atoms with Crippen LogP contribution < -0.4 is 0 Å². The molecule has 0 aliphatic heterocycles. The van der Waals surface area contributed by atoms with Crippen molar-refractivity contribution >= 4 is 16.9 Å². The highest BCUT2D eigenvalue weighted by Gasteiger charge is 2.19. The molecule has 136 valence electrons. The summed E-state index contributed by atoms with van der Waals surface area (Å²) in [6.07, 6.45) is 2.23. The lowest BCUT2D eigenvalue weighted by Gasteiger charge is -2.09. The van der Waals surface area contributed by atoms with Crippen molar-refractivity contribution in [3.63, 3.8) is 0 Å². The molecule has 4 aromatic rings. The fourth-order valence-corrected chi connectivity index (χ4v) is 2.98. The molecule has 2 aromatic heterocycles. The number of hydrogen-bond donors (Lipinski definition) is 1. The lowest BCUT2D eigenvalue weighted by molar-refractivity contribution is -0.149. The third-order valence-electron chi connectivity index (χ3n) is 4.39. The number of fused-ring (bicyclic) bond motifs is 1. The van der Waals surface area contributed by atoms with Gasteiger partial charge in [-0.3, -0.25) is 4.79 Å². The molecule has 6 heteroatoms. The number of carbonyl (C=O) groups excluding carboxylic acids is 1. The van der Waals surface area contributed by atoms with E-state index in [0.29, 0.717) is 12.3 Å². The monoisotopic (exact) mass is 361 g/mol. The lowest BCUT2D eigenvalue weighted by atomic mass is 10.1. The van der Waals surface area contributed by atoms with Gasteiger partial charge in [-0.2, -0.15) is 0 Å². The number of aromatic amines is 1. The van der Waals surface area contributed by atoms with Crippen molar-refractivity contribution in [1.29, 1.82) is 0 Å². The number of benzene rings is 2. The molecule has 0 saturated carbocycles. The highest BCUT2D eigenvalue weighted by Crippen LogP contribution is 2.23. The van der Waals surface area contributed by atoms with Crippen molar-refractivity contribution in [2.75, 3.05) is 0 Å². The molecule has 0 aliphatic rings. The Labute approximate surface area is 156 Å². The van der Waals surface area contributed by atoms with Gasteiger partial charge < -0.3 is 14.1 Å². The molecular weight excluding hydrogens is 342 g/mol. The number of rotatable bonds is 6. The van der Waals surface area contributed by atoms with Gasteiger partial charge in [0, 0.05) is 29.1 Å². The number of hydrogen-bond acceptors (Lipinski definition) is 5. The summed E-state index contributed by atoms with van der Waals surface area (Å²) in [6, 6.07) is 17.5. The Balaban J connectivity index is 1.36. The van der Waals surface area contributed by atoms with Crippen LogP contribution >= 0.6 is 0 Å². The van der Waals surface area contributed by atoms with Crippen molar-refractivity contribution in [3.8, 4) is 11.5 Å². The van der Waals surface area contributed by atoms with Crippen molar-refractivity contribution in [2.24, 2.45) is 0 Å². The number of H-pyrrole nitrogens is 1. The van der Waals surface area contributed by atoms with E-state index in [0.717, 1.165) is 22.0 Å². The minimum Gasteiger partial charge on any atom is -0.453 e. The minimum absolute atomic E-state index is 0.284. The van der Waals surface area contributed by atoms with E-state index in [-0.39, 0.29) is 18.3 Å². The second kappa shape index (κ2) is 7.45. The van der Waals surface area contributed by atoms with Crippen LogP contribution in [-0.4, -0.2) is 21.2 Å². The predicted molar refractivity (Wildman–Crippen MR) is 101 cm³/mol. The van der Waals surface area contributed by atoms with Crippen LogP contribution in [0.4, 0.5) is 0 Å². The van der Waals surface area contributed by atoms with E-state index >= 15 is 0 Å². The van der Waals surface area contributed by atoms with Gasteiger partial charge in [0.25, 0.3) is 5.89 Å². The number of ether oxygens (including phenoxy) is 1. The quantitative estimate of drug-likeness (QED) is 0.513. The number of aromatic nitrogens is 3. The van der Waals surface area contributed by atoms with Gasteiger partial charge in [0.15, 0.2) is 6.10 Å². The summed E-state index contributed by atoms with van der Waals surface area (Å²) in [5, 5.41) is 9.15. The Morgan fingerprint density at radius 2 is 1.89 bits per heavy atom. The largest absolute Gasteiger partial charge is 0.453 e. The third-order valence-corrected chi connectivity index (χ3v) is 4.39. The number of carbonyl (C=O) groups is 1. The summed E-state index contributed by atoms with van der Waals surface area (Å²) in [5.41, 5.74) is 2.99. The van der Waals surface area contributed by atoms with Gasteiger partial charge in [-0.1, -0.05) is 36.4 Å². The molecule has 4 rings (SSSR count). The van der Waals surface area contributed by atoms with Crippen molar-refractivity contribution < 1.29 is 13.9 Å². The van der Waals surface area contributed by atoms with Crippen molar-refractivity contribution in [3.05, 3.63) is 72.2 Å². The third kappa shape index (κ3) is 3.74. The number of para-hydroxylation sites is 1. The molecule has 0 radical (unpaired) electrons. The summed E-state index contributed by atoms with van der Waals surface area (Å²) in [7, 11) is 0. The zero-order valence-corrected chi connectivity index (χ0v) is 14.9. The fraction of sp³-hybridized carbons (Fsp3) is 0.190. The molecule has 0 fully saturated rings. The SMILES string of the molecule is C[C@H](OC(=O)CCc1c[nH]c2ccccc12)c1nnc(-c2ccccc2)o1. The molecule has 27 heavy (non-hydrogen) atoms. The fourth-order valence-electron chi connectivity index (χ4n) is 2.98. The van der Waals surface area contributed by atoms with Crippen molar-refractivity contribution in [2.45, 2.75) is 25.9 Å². The summed E-state index contributed by atoms with van der Waals surface area (Å²) >= 11 is 0. The Hall–Kier alpha value is -3.41. The summed E-state index contributed by atoms with van der Waals surface area (Å²) < 4.78 is 11.1. The molecule has 2 heterocycles. The van der Waals surface area contributed by atoms with Gasteiger partial charge in [-0.15, -0.1) is 10.2 Å². The first-order valence-electron chi connectivity index (χ1n) is 8.84. The van der Waals surface area contributed by atoms with E-state index in [1.165, 1.54) is 0 Å². The Bertz CT molecular complexity index is 1050. The van der Waals surface area contributed by atoms with Gasteiger partial charge in [0.1, 0.15) is 0 Å². The van der Waals surface area contributed by atoms with E-state index in [2.05, 4.69) is 15.2 Å². The maximum absolute atomic E-state index is 12.2. The van der Waals surface area contributed by atoms with Crippen LogP contribution in [0, 0.1) is 0 Å². The topological polar surface area (TPSA) is 81.0 Å². The van der Waals surface area contributed by atoms with E-state index < -0.39 is 6.10 Å². The van der Waals surface area contributed by atoms with Crippen LogP contribution in [0.3, 0.4) is 0 Å². The van der Waals surface area contributed by atoms with E-state index in [1.807, 2.05) is 60.8 Å². The molecule has 1 N–H and O–H groups in total. The molecule has 6 nitrogen and oxygen atoms in total. The Kier molecular flexibility index (Phi) is 4.70. The zero-order valence-electron chi connectivity index (χ0n) is 14.9. The lowest BCUT2D eigenvalue weighted by Crippen LogP contribution is -2.10. The summed E-state index contributed by atoms with van der Waals surface area (Å²) in [5.74, 6) is 0.397. The van der Waals surface area contributed by atoms with Crippen LogP contribution in [-0.2, 0) is 16.0 Å². The molecular formula is C21H19N3O3. The maximum Gasteiger partial charge on any atom is 0.306 e. The Morgan fingerprint density at radius 3 is 2.74 bits per heavy atom. The molecule has 0 bridgehead atoms. The second-order valence-electron chi connectivity index (χ2n) is 6.30. The molecule has 0 spiro atoms. The van der Waals surface area contributed by atoms with Gasteiger partial charge >= 0.3 is 5.97 Å². The van der Waals surface area contributed by atoms with E-state index in [4.69, 9.17) is 9.15 Å². The van der Waals surface area contributed by atoms with Gasteiger partial charge in [0.05, 0.1) is 0 Å². The van der Waals surface area contributed by atoms with Crippen LogP contribution in [0.5, 0.6) is 0 Å². The summed E-state index contributed by atoms with van der Waals surface area (Å²) in [6.45, 7) is 1.73. The maximum atomic E-state index is 12.2. The molecule has 0 saturated heterocycles. The first-order chi connectivity index (χ1) is 13.2. The molecule has 0 amide bonds. The Morgan fingerprint density at radius 1 is 1.11 bits per heavy atom. The molecule has 1 atom stereocenters. The van der Waals surface area contributed by atoms with Crippen LogP contribution in [0.2, 0.25) is 0 Å². The first-order valence-corrected chi connectivity index (χ1v) is 8.84. The number of nitrogens with zero attached hydrogens (tertiary/aromatic N) is 2. The molecule has 2 aromatic carbocycles.